The monoisotopic (exact) mass is 265 g/mol. The summed E-state index contributed by atoms with van der Waals surface area (Å²) < 4.78 is 5.84. The molecule has 5 nitrogen and oxygen atoms in total. The van der Waals surface area contributed by atoms with E-state index in [4.69, 9.17) is 5.73 Å². The standard InChI is InChI=1S/C12H19N5S/c1-12(2,3)11-10(18-16-15-11)9(13)5-8-6-14-17(4)7-8/h6-7,9H,5,13H2,1-4H3. The largest absolute Gasteiger partial charge is 0.323 e. The minimum absolute atomic E-state index is 0.0190. The van der Waals surface area contributed by atoms with E-state index in [0.29, 0.717) is 0 Å². The Bertz CT molecular complexity index is 523. The molecule has 98 valence electrons. The van der Waals surface area contributed by atoms with Crippen molar-refractivity contribution in [3.8, 4) is 0 Å². The molecule has 0 radical (unpaired) electrons. The van der Waals surface area contributed by atoms with Crippen LogP contribution in [0.4, 0.5) is 0 Å². The van der Waals surface area contributed by atoms with E-state index in [1.807, 2.05) is 19.4 Å². The van der Waals surface area contributed by atoms with Crippen molar-refractivity contribution in [1.82, 2.24) is 19.4 Å². The van der Waals surface area contributed by atoms with Crippen LogP contribution >= 0.6 is 11.5 Å². The average Bonchev–Trinajstić information content (AvgIpc) is 2.85. The van der Waals surface area contributed by atoms with Gasteiger partial charge in [-0.25, -0.2) is 0 Å². The second-order valence-electron chi connectivity index (χ2n) is 5.57. The van der Waals surface area contributed by atoms with Crippen LogP contribution in [-0.4, -0.2) is 19.4 Å². The number of hydrogen-bond donors (Lipinski definition) is 1. The van der Waals surface area contributed by atoms with E-state index in [9.17, 15) is 0 Å². The predicted molar refractivity (Wildman–Crippen MR) is 72.4 cm³/mol. The Morgan fingerprint density at radius 2 is 2.17 bits per heavy atom. The highest BCUT2D eigenvalue weighted by Crippen LogP contribution is 2.30. The van der Waals surface area contributed by atoms with E-state index in [2.05, 4.69) is 35.5 Å². The van der Waals surface area contributed by atoms with Crippen LogP contribution in [0.2, 0.25) is 0 Å². The lowest BCUT2D eigenvalue weighted by Crippen LogP contribution is -2.20. The zero-order valence-corrected chi connectivity index (χ0v) is 12.0. The molecule has 1 atom stereocenters. The first-order chi connectivity index (χ1) is 8.38. The van der Waals surface area contributed by atoms with Gasteiger partial charge in [-0.05, 0) is 23.5 Å². The fraction of sp³-hybridized carbons (Fsp3) is 0.583. The number of aromatic nitrogens is 4. The molecule has 0 aromatic carbocycles. The third-order valence-electron chi connectivity index (χ3n) is 2.77. The summed E-state index contributed by atoms with van der Waals surface area (Å²) in [5.41, 5.74) is 8.39. The van der Waals surface area contributed by atoms with Gasteiger partial charge in [0.2, 0.25) is 0 Å². The number of nitrogens with zero attached hydrogens (tertiary/aromatic N) is 4. The van der Waals surface area contributed by atoms with Gasteiger partial charge in [-0.1, -0.05) is 25.3 Å². The molecule has 18 heavy (non-hydrogen) atoms. The summed E-state index contributed by atoms with van der Waals surface area (Å²) in [5, 5.41) is 8.38. The summed E-state index contributed by atoms with van der Waals surface area (Å²) >= 11 is 1.40. The molecular formula is C12H19N5S. The predicted octanol–water partition coefficient (Wildman–Crippen LogP) is 1.81. The van der Waals surface area contributed by atoms with Crippen molar-refractivity contribution in [3.63, 3.8) is 0 Å². The number of aryl methyl sites for hydroxylation is 1. The first-order valence-corrected chi connectivity index (χ1v) is 6.71. The van der Waals surface area contributed by atoms with Crippen LogP contribution in [-0.2, 0) is 18.9 Å². The van der Waals surface area contributed by atoms with Crippen molar-refractivity contribution >= 4 is 11.5 Å². The molecule has 2 aromatic heterocycles. The normalized spacial score (nSPS) is 13.8. The number of nitrogens with two attached hydrogens (primary N) is 1. The fourth-order valence-electron chi connectivity index (χ4n) is 1.88. The molecule has 0 aliphatic heterocycles. The van der Waals surface area contributed by atoms with Crippen LogP contribution in [0.5, 0.6) is 0 Å². The van der Waals surface area contributed by atoms with Crippen LogP contribution in [0, 0.1) is 0 Å². The van der Waals surface area contributed by atoms with E-state index in [1.165, 1.54) is 11.5 Å². The van der Waals surface area contributed by atoms with Crippen molar-refractivity contribution in [1.29, 1.82) is 0 Å². The zero-order valence-electron chi connectivity index (χ0n) is 11.2. The van der Waals surface area contributed by atoms with Crippen molar-refractivity contribution in [3.05, 3.63) is 28.5 Å². The Morgan fingerprint density at radius 3 is 2.72 bits per heavy atom. The Morgan fingerprint density at radius 1 is 1.44 bits per heavy atom. The van der Waals surface area contributed by atoms with E-state index < -0.39 is 0 Å². The quantitative estimate of drug-likeness (QED) is 0.919. The summed E-state index contributed by atoms with van der Waals surface area (Å²) in [6, 6.07) is -0.0663. The average molecular weight is 265 g/mol. The van der Waals surface area contributed by atoms with Crippen molar-refractivity contribution in [2.45, 2.75) is 38.6 Å². The first kappa shape index (κ1) is 13.2. The lowest BCUT2D eigenvalue weighted by molar-refractivity contribution is 0.550. The first-order valence-electron chi connectivity index (χ1n) is 5.94. The Hall–Kier alpha value is -1.27. The minimum atomic E-state index is -0.0663. The van der Waals surface area contributed by atoms with Gasteiger partial charge in [-0.15, -0.1) is 5.10 Å². The molecule has 0 saturated heterocycles. The lowest BCUT2D eigenvalue weighted by atomic mass is 9.89. The van der Waals surface area contributed by atoms with Crippen LogP contribution in [0.15, 0.2) is 12.4 Å². The highest BCUT2D eigenvalue weighted by atomic mass is 32.1. The summed E-state index contributed by atoms with van der Waals surface area (Å²) in [6.45, 7) is 6.39. The van der Waals surface area contributed by atoms with Crippen molar-refractivity contribution in [2.75, 3.05) is 0 Å². The third-order valence-corrected chi connectivity index (χ3v) is 3.63. The van der Waals surface area contributed by atoms with Crippen molar-refractivity contribution in [2.24, 2.45) is 12.8 Å². The zero-order chi connectivity index (χ0) is 13.3. The molecule has 0 saturated carbocycles. The summed E-state index contributed by atoms with van der Waals surface area (Å²) in [4.78, 5) is 1.08. The summed E-state index contributed by atoms with van der Waals surface area (Å²) in [5.74, 6) is 0. The topological polar surface area (TPSA) is 69.6 Å². The van der Waals surface area contributed by atoms with E-state index in [0.717, 1.165) is 22.6 Å². The van der Waals surface area contributed by atoms with E-state index in [1.54, 1.807) is 4.68 Å². The van der Waals surface area contributed by atoms with E-state index in [-0.39, 0.29) is 11.5 Å². The van der Waals surface area contributed by atoms with Gasteiger partial charge >= 0.3 is 0 Å². The van der Waals surface area contributed by atoms with Gasteiger partial charge < -0.3 is 5.73 Å². The molecule has 0 aliphatic carbocycles. The van der Waals surface area contributed by atoms with E-state index >= 15 is 0 Å². The maximum absolute atomic E-state index is 6.27. The smallest absolute Gasteiger partial charge is 0.0857 e. The maximum atomic E-state index is 6.27. The lowest BCUT2D eigenvalue weighted by Gasteiger charge is -2.19. The number of hydrogen-bond acceptors (Lipinski definition) is 5. The molecule has 6 heteroatoms. The van der Waals surface area contributed by atoms with Crippen LogP contribution < -0.4 is 5.73 Å². The van der Waals surface area contributed by atoms with Gasteiger partial charge in [0.1, 0.15) is 0 Å². The number of rotatable bonds is 3. The highest BCUT2D eigenvalue weighted by Gasteiger charge is 2.25. The molecule has 0 bridgehead atoms. The second kappa shape index (κ2) is 4.78. The Kier molecular flexibility index (Phi) is 3.49. The maximum Gasteiger partial charge on any atom is 0.0857 e. The molecule has 0 fully saturated rings. The van der Waals surface area contributed by atoms with Gasteiger partial charge in [0.25, 0.3) is 0 Å². The van der Waals surface area contributed by atoms with Crippen molar-refractivity contribution < 1.29 is 0 Å². The third kappa shape index (κ3) is 2.76. The van der Waals surface area contributed by atoms with Crippen LogP contribution in [0.1, 0.15) is 42.9 Å². The minimum Gasteiger partial charge on any atom is -0.323 e. The molecule has 2 aromatic rings. The SMILES string of the molecule is Cn1cc(CC(N)c2snnc2C(C)(C)C)cn1. The molecule has 2 rings (SSSR count). The van der Waals surface area contributed by atoms with Gasteiger partial charge in [0.05, 0.1) is 16.8 Å². The molecule has 0 aliphatic rings. The van der Waals surface area contributed by atoms with Gasteiger partial charge in [-0.3, -0.25) is 4.68 Å². The van der Waals surface area contributed by atoms with Gasteiger partial charge in [-0.2, -0.15) is 5.10 Å². The molecule has 0 amide bonds. The molecule has 1 unspecified atom stereocenters. The fourth-order valence-corrected chi connectivity index (χ4v) is 2.75. The Labute approximate surface area is 111 Å². The molecular weight excluding hydrogens is 246 g/mol. The molecule has 0 spiro atoms. The summed E-state index contributed by atoms with van der Waals surface area (Å²) in [6.07, 6.45) is 4.61. The highest BCUT2D eigenvalue weighted by molar-refractivity contribution is 7.05. The van der Waals surface area contributed by atoms with Gasteiger partial charge in [0, 0.05) is 24.7 Å². The summed E-state index contributed by atoms with van der Waals surface area (Å²) in [7, 11) is 1.91. The van der Waals surface area contributed by atoms with Gasteiger partial charge in [0.15, 0.2) is 0 Å². The van der Waals surface area contributed by atoms with Crippen LogP contribution in [0.25, 0.3) is 0 Å². The Balaban J connectivity index is 2.19. The molecule has 2 N–H and O–H groups in total. The molecule has 2 heterocycles. The second-order valence-corrected chi connectivity index (χ2v) is 6.35. The van der Waals surface area contributed by atoms with Crippen LogP contribution in [0.3, 0.4) is 0 Å².